The third kappa shape index (κ3) is 4.50. The van der Waals surface area contributed by atoms with Crippen LogP contribution in [0.1, 0.15) is 22.3 Å². The molecule has 2 heterocycles. The van der Waals surface area contributed by atoms with Gasteiger partial charge in [-0.05, 0) is 96.9 Å². The Kier molecular flexibility index (Phi) is 5.78. The molecule has 5 rings (SSSR count). The Balaban J connectivity index is 1.47. The van der Waals surface area contributed by atoms with Crippen molar-refractivity contribution in [2.75, 3.05) is 4.90 Å². The molecule has 0 atom stereocenters. The summed E-state index contributed by atoms with van der Waals surface area (Å²) >= 11 is 5.31. The van der Waals surface area contributed by atoms with Gasteiger partial charge in [0.25, 0.3) is 11.8 Å². The standard InChI is InChI=1S/C28H22FN3O2S/c1-17-10-18(2)12-23(11-17)32-27(34)24(26(33)30-28(32)35)15-19-6-7-25-21(13-19)8-9-31(25)16-20-4-3-5-22(29)14-20/h3-15H,16H2,1-2H3,(H,30,33,35)/b24-15-. The summed E-state index contributed by atoms with van der Waals surface area (Å²) in [4.78, 5) is 27.4. The molecule has 1 fully saturated rings. The average Bonchev–Trinajstić information content (AvgIpc) is 3.18. The van der Waals surface area contributed by atoms with Crippen LogP contribution in [0.5, 0.6) is 0 Å². The van der Waals surface area contributed by atoms with E-state index in [1.807, 2.05) is 73.1 Å². The van der Waals surface area contributed by atoms with Crippen LogP contribution in [0.15, 0.2) is 78.5 Å². The summed E-state index contributed by atoms with van der Waals surface area (Å²) in [6.07, 6.45) is 3.52. The second-order valence-corrected chi connectivity index (χ2v) is 9.08. The van der Waals surface area contributed by atoms with Gasteiger partial charge in [-0.25, -0.2) is 4.39 Å². The summed E-state index contributed by atoms with van der Waals surface area (Å²) in [6, 6.07) is 19.9. The number of rotatable bonds is 4. The number of carbonyl (C=O) groups is 2. The van der Waals surface area contributed by atoms with Crippen molar-refractivity contribution in [3.05, 3.63) is 107 Å². The first-order chi connectivity index (χ1) is 16.8. The molecular formula is C28H22FN3O2S. The number of nitrogens with zero attached hydrogens (tertiary/aromatic N) is 2. The van der Waals surface area contributed by atoms with Crippen molar-refractivity contribution in [3.8, 4) is 0 Å². The zero-order valence-corrected chi connectivity index (χ0v) is 20.0. The van der Waals surface area contributed by atoms with Gasteiger partial charge in [-0.2, -0.15) is 0 Å². The third-order valence-corrected chi connectivity index (χ3v) is 6.20. The SMILES string of the molecule is Cc1cc(C)cc(N2C(=O)/C(=C\c3ccc4c(ccn4Cc4cccc(F)c4)c3)C(=O)NC2=S)c1. The fraction of sp³-hybridized carbons (Fsp3) is 0.107. The van der Waals surface area contributed by atoms with Crippen molar-refractivity contribution in [3.63, 3.8) is 0 Å². The van der Waals surface area contributed by atoms with E-state index in [0.717, 1.165) is 27.6 Å². The first-order valence-corrected chi connectivity index (χ1v) is 11.5. The number of halogens is 1. The van der Waals surface area contributed by atoms with E-state index in [1.165, 1.54) is 17.0 Å². The summed E-state index contributed by atoms with van der Waals surface area (Å²) in [6.45, 7) is 4.42. The van der Waals surface area contributed by atoms with Crippen molar-refractivity contribution in [2.45, 2.75) is 20.4 Å². The largest absolute Gasteiger partial charge is 0.343 e. The molecule has 3 aromatic carbocycles. The van der Waals surface area contributed by atoms with Crippen LogP contribution < -0.4 is 10.2 Å². The van der Waals surface area contributed by atoms with Crippen LogP contribution in [-0.2, 0) is 16.1 Å². The van der Waals surface area contributed by atoms with Crippen molar-refractivity contribution in [1.29, 1.82) is 0 Å². The number of hydrogen-bond acceptors (Lipinski definition) is 3. The number of amides is 2. The highest BCUT2D eigenvalue weighted by Gasteiger charge is 2.34. The molecule has 2 amide bonds. The number of nitrogens with one attached hydrogen (secondary N) is 1. The second kappa shape index (κ2) is 8.92. The zero-order valence-electron chi connectivity index (χ0n) is 19.2. The molecule has 0 radical (unpaired) electrons. The number of anilines is 1. The van der Waals surface area contributed by atoms with Crippen molar-refractivity contribution in [2.24, 2.45) is 0 Å². The van der Waals surface area contributed by atoms with Crippen LogP contribution in [0.4, 0.5) is 10.1 Å². The van der Waals surface area contributed by atoms with Crippen molar-refractivity contribution < 1.29 is 14.0 Å². The van der Waals surface area contributed by atoms with Crippen LogP contribution in [0.2, 0.25) is 0 Å². The van der Waals surface area contributed by atoms with Crippen LogP contribution in [0.25, 0.3) is 17.0 Å². The van der Waals surface area contributed by atoms with Gasteiger partial charge in [-0.1, -0.05) is 24.3 Å². The molecule has 35 heavy (non-hydrogen) atoms. The minimum absolute atomic E-state index is 0.0105. The van der Waals surface area contributed by atoms with Gasteiger partial charge in [-0.3, -0.25) is 19.8 Å². The number of hydrogen-bond donors (Lipinski definition) is 1. The molecule has 174 valence electrons. The van der Waals surface area contributed by atoms with Crippen LogP contribution in [-0.4, -0.2) is 21.5 Å². The average molecular weight is 484 g/mol. The maximum Gasteiger partial charge on any atom is 0.270 e. The number of aromatic nitrogens is 1. The van der Waals surface area contributed by atoms with Gasteiger partial charge in [0.2, 0.25) is 0 Å². The number of fused-ring (bicyclic) bond motifs is 1. The fourth-order valence-electron chi connectivity index (χ4n) is 4.42. The predicted octanol–water partition coefficient (Wildman–Crippen LogP) is 5.28. The Bertz CT molecular complexity index is 1530. The van der Waals surface area contributed by atoms with Gasteiger partial charge in [0.05, 0.1) is 5.69 Å². The molecule has 0 saturated carbocycles. The molecule has 5 nitrogen and oxygen atoms in total. The fourth-order valence-corrected chi connectivity index (χ4v) is 4.70. The summed E-state index contributed by atoms with van der Waals surface area (Å²) in [5.41, 5.74) is 5.16. The summed E-state index contributed by atoms with van der Waals surface area (Å²) in [7, 11) is 0. The summed E-state index contributed by atoms with van der Waals surface area (Å²) < 4.78 is 15.6. The first kappa shape index (κ1) is 22.7. The second-order valence-electron chi connectivity index (χ2n) is 8.70. The zero-order chi connectivity index (χ0) is 24.7. The Morgan fingerprint density at radius 2 is 1.74 bits per heavy atom. The topological polar surface area (TPSA) is 54.3 Å². The highest BCUT2D eigenvalue weighted by molar-refractivity contribution is 7.80. The highest BCUT2D eigenvalue weighted by Crippen LogP contribution is 2.26. The quantitative estimate of drug-likeness (QED) is 0.244. The maximum atomic E-state index is 13.6. The maximum absolute atomic E-state index is 13.6. The van der Waals surface area contributed by atoms with E-state index in [9.17, 15) is 14.0 Å². The number of thiocarbonyl (C=S) groups is 1. The molecular weight excluding hydrogens is 461 g/mol. The van der Waals surface area contributed by atoms with E-state index in [4.69, 9.17) is 12.2 Å². The van der Waals surface area contributed by atoms with Gasteiger partial charge in [0, 0.05) is 23.6 Å². The molecule has 1 aliphatic heterocycles. The Labute approximate surface area is 207 Å². The normalized spacial score (nSPS) is 15.2. The van der Waals surface area contributed by atoms with E-state index in [0.29, 0.717) is 17.8 Å². The minimum Gasteiger partial charge on any atom is -0.343 e. The minimum atomic E-state index is -0.524. The molecule has 1 N–H and O–H groups in total. The smallest absolute Gasteiger partial charge is 0.270 e. The van der Waals surface area contributed by atoms with Gasteiger partial charge >= 0.3 is 0 Å². The lowest BCUT2D eigenvalue weighted by Crippen LogP contribution is -2.54. The molecule has 1 saturated heterocycles. The van der Waals surface area contributed by atoms with E-state index >= 15 is 0 Å². The lowest BCUT2D eigenvalue weighted by molar-refractivity contribution is -0.122. The molecule has 1 aromatic heterocycles. The Morgan fingerprint density at radius 1 is 0.971 bits per heavy atom. The number of aryl methyl sites for hydroxylation is 2. The van der Waals surface area contributed by atoms with Gasteiger partial charge in [0.1, 0.15) is 11.4 Å². The van der Waals surface area contributed by atoms with Gasteiger partial charge in [0.15, 0.2) is 5.11 Å². The van der Waals surface area contributed by atoms with Crippen molar-refractivity contribution in [1.82, 2.24) is 9.88 Å². The number of carbonyl (C=O) groups excluding carboxylic acids is 2. The lowest BCUT2D eigenvalue weighted by atomic mass is 10.0. The van der Waals surface area contributed by atoms with E-state index in [2.05, 4.69) is 5.32 Å². The molecule has 1 aliphatic rings. The molecule has 0 unspecified atom stereocenters. The van der Waals surface area contributed by atoms with E-state index in [1.54, 1.807) is 12.1 Å². The van der Waals surface area contributed by atoms with Crippen molar-refractivity contribution >= 4 is 51.8 Å². The van der Waals surface area contributed by atoms with E-state index < -0.39 is 11.8 Å². The summed E-state index contributed by atoms with van der Waals surface area (Å²) in [5, 5.41) is 3.64. The lowest BCUT2D eigenvalue weighted by Gasteiger charge is -2.29. The molecule has 0 spiro atoms. The first-order valence-electron chi connectivity index (χ1n) is 11.1. The molecule has 7 heteroatoms. The molecule has 0 bridgehead atoms. The monoisotopic (exact) mass is 483 g/mol. The molecule has 0 aliphatic carbocycles. The Hall–Kier alpha value is -4.10. The van der Waals surface area contributed by atoms with Gasteiger partial charge in [-0.15, -0.1) is 0 Å². The summed E-state index contributed by atoms with van der Waals surface area (Å²) in [5.74, 6) is -1.26. The van der Waals surface area contributed by atoms with Crippen LogP contribution in [0, 0.1) is 19.7 Å². The van der Waals surface area contributed by atoms with Crippen LogP contribution >= 0.6 is 12.2 Å². The van der Waals surface area contributed by atoms with Gasteiger partial charge < -0.3 is 4.57 Å². The third-order valence-electron chi connectivity index (χ3n) is 5.91. The Morgan fingerprint density at radius 3 is 2.49 bits per heavy atom. The highest BCUT2D eigenvalue weighted by atomic mass is 32.1. The molecule has 4 aromatic rings. The predicted molar refractivity (Wildman–Crippen MR) is 140 cm³/mol. The number of benzene rings is 3. The van der Waals surface area contributed by atoms with E-state index in [-0.39, 0.29) is 16.5 Å². The van der Waals surface area contributed by atoms with Crippen LogP contribution in [0.3, 0.4) is 0 Å².